The van der Waals surface area contributed by atoms with E-state index >= 15 is 0 Å². The third kappa shape index (κ3) is 4.56. The zero-order valence-electron chi connectivity index (χ0n) is 17.3. The molecule has 1 heterocycles. The lowest BCUT2D eigenvalue weighted by atomic mass is 9.89. The van der Waals surface area contributed by atoms with Crippen LogP contribution in [0.5, 0.6) is 0 Å². The molecule has 0 aromatic heterocycles. The van der Waals surface area contributed by atoms with E-state index in [0.29, 0.717) is 23.5 Å². The molecule has 1 saturated heterocycles. The van der Waals surface area contributed by atoms with Gasteiger partial charge in [-0.2, -0.15) is 5.26 Å². The monoisotopic (exact) mass is 411 g/mol. The normalized spacial score (nSPS) is 27.4. The van der Waals surface area contributed by atoms with E-state index in [1.54, 1.807) is 18.2 Å². The molecular weight excluding hydrogens is 382 g/mol. The average molecular weight is 411 g/mol. The molecule has 1 aliphatic heterocycles. The van der Waals surface area contributed by atoms with Crippen LogP contribution in [0.2, 0.25) is 0 Å². The summed E-state index contributed by atoms with van der Waals surface area (Å²) in [6, 6.07) is 15.7. The molecule has 6 nitrogen and oxygen atoms in total. The van der Waals surface area contributed by atoms with Crippen molar-refractivity contribution in [2.75, 3.05) is 6.61 Å². The molecule has 1 aliphatic rings. The summed E-state index contributed by atoms with van der Waals surface area (Å²) >= 11 is 0. The molecule has 0 aliphatic carbocycles. The van der Waals surface area contributed by atoms with Gasteiger partial charge in [-0.25, -0.2) is 0 Å². The van der Waals surface area contributed by atoms with Gasteiger partial charge in [0.25, 0.3) is 0 Å². The van der Waals surface area contributed by atoms with Crippen molar-refractivity contribution < 1.29 is 25.2 Å². The number of nitriles is 1. The standard InChI is InChI=1S/C24H29NO5/c1-3-14(2)16-6-4-15(5-7-16)10-19-11-17(8-9-18(19)12-25)24-23(29)22(28)21(27)20(13-26)30-24/h4-9,11,14,20-24,26-29H,3,10,13H2,1-2H3/t14?,20-,21-,22+,23-,24+/m1/s1. The van der Waals surface area contributed by atoms with Gasteiger partial charge in [0.05, 0.1) is 18.2 Å². The molecule has 0 spiro atoms. The number of hydrogen-bond donors (Lipinski definition) is 4. The Bertz CT molecular complexity index is 889. The Morgan fingerprint density at radius 2 is 1.73 bits per heavy atom. The first-order valence-corrected chi connectivity index (χ1v) is 10.3. The van der Waals surface area contributed by atoms with E-state index in [9.17, 15) is 25.7 Å². The van der Waals surface area contributed by atoms with Crippen molar-refractivity contribution in [3.05, 3.63) is 70.3 Å². The summed E-state index contributed by atoms with van der Waals surface area (Å²) in [5.41, 5.74) is 4.22. The van der Waals surface area contributed by atoms with Crippen molar-refractivity contribution in [3.63, 3.8) is 0 Å². The summed E-state index contributed by atoms with van der Waals surface area (Å²) in [6.45, 7) is 3.86. The highest BCUT2D eigenvalue weighted by atomic mass is 16.5. The van der Waals surface area contributed by atoms with Gasteiger partial charge < -0.3 is 25.2 Å². The molecule has 6 atom stereocenters. The minimum Gasteiger partial charge on any atom is -0.394 e. The molecule has 4 N–H and O–H groups in total. The highest BCUT2D eigenvalue weighted by Gasteiger charge is 2.44. The fraction of sp³-hybridized carbons (Fsp3) is 0.458. The fourth-order valence-electron chi connectivity index (χ4n) is 3.84. The van der Waals surface area contributed by atoms with Crippen LogP contribution in [0.25, 0.3) is 0 Å². The third-order valence-electron chi connectivity index (χ3n) is 6.03. The molecule has 6 heteroatoms. The Hall–Kier alpha value is -2.27. The number of aliphatic hydroxyl groups is 4. The smallest absolute Gasteiger partial charge is 0.113 e. The summed E-state index contributed by atoms with van der Waals surface area (Å²) in [5, 5.41) is 49.4. The van der Waals surface area contributed by atoms with E-state index in [1.165, 1.54) is 5.56 Å². The predicted molar refractivity (Wildman–Crippen MR) is 112 cm³/mol. The van der Waals surface area contributed by atoms with E-state index in [4.69, 9.17) is 4.74 Å². The van der Waals surface area contributed by atoms with Crippen LogP contribution in [0, 0.1) is 11.3 Å². The Labute approximate surface area is 177 Å². The second-order valence-corrected chi connectivity index (χ2v) is 8.01. The van der Waals surface area contributed by atoms with Crippen LogP contribution >= 0.6 is 0 Å². The Kier molecular flexibility index (Phi) is 7.24. The van der Waals surface area contributed by atoms with Crippen LogP contribution in [-0.4, -0.2) is 51.4 Å². The van der Waals surface area contributed by atoms with Crippen LogP contribution in [0.3, 0.4) is 0 Å². The Morgan fingerprint density at radius 3 is 2.33 bits per heavy atom. The van der Waals surface area contributed by atoms with Gasteiger partial charge in [0.1, 0.15) is 30.5 Å². The summed E-state index contributed by atoms with van der Waals surface area (Å²) in [5.74, 6) is 0.489. The first-order chi connectivity index (χ1) is 14.4. The quantitative estimate of drug-likeness (QED) is 0.579. The molecule has 2 aromatic rings. The highest BCUT2D eigenvalue weighted by Crippen LogP contribution is 2.33. The second-order valence-electron chi connectivity index (χ2n) is 8.01. The highest BCUT2D eigenvalue weighted by molar-refractivity contribution is 5.44. The minimum absolute atomic E-state index is 0.479. The van der Waals surface area contributed by atoms with Crippen molar-refractivity contribution >= 4 is 0 Å². The molecular formula is C24H29NO5. The van der Waals surface area contributed by atoms with Crippen molar-refractivity contribution in [2.45, 2.75) is 63.1 Å². The second kappa shape index (κ2) is 9.69. The van der Waals surface area contributed by atoms with E-state index in [1.807, 2.05) is 0 Å². The van der Waals surface area contributed by atoms with E-state index < -0.39 is 37.1 Å². The van der Waals surface area contributed by atoms with Gasteiger partial charge in [-0.05, 0) is 47.1 Å². The van der Waals surface area contributed by atoms with E-state index in [2.05, 4.69) is 44.2 Å². The zero-order valence-corrected chi connectivity index (χ0v) is 17.3. The first-order valence-electron chi connectivity index (χ1n) is 10.3. The number of rotatable bonds is 6. The van der Waals surface area contributed by atoms with Crippen molar-refractivity contribution in [1.29, 1.82) is 5.26 Å². The number of aliphatic hydroxyl groups excluding tert-OH is 4. The molecule has 1 fully saturated rings. The summed E-state index contributed by atoms with van der Waals surface area (Å²) in [6.07, 6.45) is -4.47. The predicted octanol–water partition coefficient (Wildman–Crippen LogP) is 2.18. The van der Waals surface area contributed by atoms with Crippen LogP contribution in [0.15, 0.2) is 42.5 Å². The van der Waals surface area contributed by atoms with Gasteiger partial charge in [0, 0.05) is 0 Å². The summed E-state index contributed by atoms with van der Waals surface area (Å²) < 4.78 is 5.66. The van der Waals surface area contributed by atoms with Crippen LogP contribution < -0.4 is 0 Å². The van der Waals surface area contributed by atoms with Gasteiger partial charge >= 0.3 is 0 Å². The fourth-order valence-corrected chi connectivity index (χ4v) is 3.84. The molecule has 2 aromatic carbocycles. The van der Waals surface area contributed by atoms with Crippen molar-refractivity contribution in [2.24, 2.45) is 0 Å². The maximum atomic E-state index is 10.4. The van der Waals surface area contributed by atoms with Crippen molar-refractivity contribution in [1.82, 2.24) is 0 Å². The zero-order chi connectivity index (χ0) is 21.8. The molecule has 160 valence electrons. The maximum absolute atomic E-state index is 10.4. The van der Waals surface area contributed by atoms with E-state index in [0.717, 1.165) is 17.5 Å². The van der Waals surface area contributed by atoms with Gasteiger partial charge in [-0.1, -0.05) is 50.2 Å². The first kappa shape index (κ1) is 22.4. The number of hydrogen-bond acceptors (Lipinski definition) is 6. The van der Waals surface area contributed by atoms with Gasteiger partial charge in [-0.15, -0.1) is 0 Å². The maximum Gasteiger partial charge on any atom is 0.113 e. The van der Waals surface area contributed by atoms with Gasteiger partial charge in [0.2, 0.25) is 0 Å². The summed E-state index contributed by atoms with van der Waals surface area (Å²) in [4.78, 5) is 0. The third-order valence-corrected chi connectivity index (χ3v) is 6.03. The van der Waals surface area contributed by atoms with Gasteiger partial charge in [-0.3, -0.25) is 0 Å². The van der Waals surface area contributed by atoms with E-state index in [-0.39, 0.29) is 0 Å². The Morgan fingerprint density at radius 1 is 1.03 bits per heavy atom. The number of benzene rings is 2. The number of nitrogens with zero attached hydrogens (tertiary/aromatic N) is 1. The molecule has 0 saturated carbocycles. The number of ether oxygens (including phenoxy) is 1. The molecule has 1 unspecified atom stereocenters. The van der Waals surface area contributed by atoms with Gasteiger partial charge in [0.15, 0.2) is 0 Å². The lowest BCUT2D eigenvalue weighted by Gasteiger charge is -2.40. The van der Waals surface area contributed by atoms with Crippen LogP contribution in [-0.2, 0) is 11.2 Å². The molecule has 30 heavy (non-hydrogen) atoms. The van der Waals surface area contributed by atoms with Crippen LogP contribution in [0.4, 0.5) is 0 Å². The largest absolute Gasteiger partial charge is 0.394 e. The SMILES string of the molecule is CCC(C)c1ccc(Cc2cc([C@@H]3O[C@H](CO)[C@@H](O)[C@H](O)[C@H]3O)ccc2C#N)cc1. The lowest BCUT2D eigenvalue weighted by molar-refractivity contribution is -0.231. The molecule has 0 bridgehead atoms. The topological polar surface area (TPSA) is 114 Å². The van der Waals surface area contributed by atoms with Crippen molar-refractivity contribution in [3.8, 4) is 6.07 Å². The molecule has 0 radical (unpaired) electrons. The summed E-state index contributed by atoms with van der Waals surface area (Å²) in [7, 11) is 0. The minimum atomic E-state index is -1.44. The Balaban J connectivity index is 1.88. The molecule has 0 amide bonds. The van der Waals surface area contributed by atoms with Crippen LogP contribution in [0.1, 0.15) is 60.1 Å². The lowest BCUT2D eigenvalue weighted by Crippen LogP contribution is -2.55. The average Bonchev–Trinajstić information content (AvgIpc) is 2.77. The molecule has 3 rings (SSSR count).